The van der Waals surface area contributed by atoms with Crippen LogP contribution in [-0.2, 0) is 0 Å². The Morgan fingerprint density at radius 2 is 1.82 bits per heavy atom. The van der Waals surface area contributed by atoms with Crippen LogP contribution in [0.5, 0.6) is 0 Å². The van der Waals surface area contributed by atoms with E-state index < -0.39 is 0 Å². The number of benzene rings is 1. The third-order valence-corrected chi connectivity index (χ3v) is 2.37. The molecule has 0 heterocycles. The highest BCUT2D eigenvalue weighted by Crippen LogP contribution is 2.13. The summed E-state index contributed by atoms with van der Waals surface area (Å²) in [6, 6.07) is 5.07. The Bertz CT molecular complexity index is 201. The smallest absolute Gasteiger partial charge is 0.127 e. The first-order chi connectivity index (χ1) is 5.22. The zero-order valence-corrected chi connectivity index (χ0v) is 9.15. The van der Waals surface area contributed by atoms with Crippen molar-refractivity contribution < 1.29 is 4.39 Å². The van der Waals surface area contributed by atoms with E-state index in [4.69, 9.17) is 0 Å². The van der Waals surface area contributed by atoms with E-state index in [9.17, 15) is 4.39 Å². The maximum Gasteiger partial charge on any atom is 0.127 e. The summed E-state index contributed by atoms with van der Waals surface area (Å²) in [5.41, 5.74) is 0.734. The highest BCUT2D eigenvalue weighted by Gasteiger charge is 1.97. The Balaban J connectivity index is 0.000000461. The van der Waals surface area contributed by atoms with Gasteiger partial charge >= 0.3 is 0 Å². The summed E-state index contributed by atoms with van der Waals surface area (Å²) in [4.78, 5) is 0. The molecule has 1 aromatic carbocycles. The summed E-state index contributed by atoms with van der Waals surface area (Å²) in [7, 11) is 0. The molecule has 0 atom stereocenters. The second kappa shape index (κ2) is 5.52. The average Bonchev–Trinajstić information content (AvgIpc) is 2.04. The molecule has 0 nitrogen and oxygen atoms in total. The Kier molecular flexibility index (Phi) is 5.46. The SMILES string of the molecule is CC.Cc1c(F)cccc1I. The van der Waals surface area contributed by atoms with Crippen molar-refractivity contribution >= 4 is 22.6 Å². The van der Waals surface area contributed by atoms with Gasteiger partial charge in [0.25, 0.3) is 0 Å². The van der Waals surface area contributed by atoms with E-state index in [0.717, 1.165) is 9.13 Å². The molecule has 0 aromatic heterocycles. The number of hydrogen-bond donors (Lipinski definition) is 0. The van der Waals surface area contributed by atoms with Gasteiger partial charge < -0.3 is 0 Å². The van der Waals surface area contributed by atoms with Crippen LogP contribution in [0.2, 0.25) is 0 Å². The van der Waals surface area contributed by atoms with Crippen LogP contribution in [0, 0.1) is 16.3 Å². The molecule has 0 saturated carbocycles. The zero-order valence-electron chi connectivity index (χ0n) is 6.99. The van der Waals surface area contributed by atoms with Gasteiger partial charge in [-0.2, -0.15) is 0 Å². The average molecular weight is 266 g/mol. The predicted molar refractivity (Wildman–Crippen MR) is 55.2 cm³/mol. The normalized spacial score (nSPS) is 8.45. The van der Waals surface area contributed by atoms with Gasteiger partial charge in [0.05, 0.1) is 0 Å². The van der Waals surface area contributed by atoms with E-state index in [1.807, 2.05) is 19.9 Å². The van der Waals surface area contributed by atoms with E-state index in [0.29, 0.717) is 0 Å². The van der Waals surface area contributed by atoms with Gasteiger partial charge in [-0.1, -0.05) is 19.9 Å². The van der Waals surface area contributed by atoms with E-state index in [2.05, 4.69) is 22.6 Å². The van der Waals surface area contributed by atoms with E-state index in [1.54, 1.807) is 13.0 Å². The Morgan fingerprint density at radius 1 is 1.27 bits per heavy atom. The molecule has 0 spiro atoms. The summed E-state index contributed by atoms with van der Waals surface area (Å²) < 4.78 is 13.6. The molecule has 1 rings (SSSR count). The van der Waals surface area contributed by atoms with Crippen molar-refractivity contribution in [2.24, 2.45) is 0 Å². The summed E-state index contributed by atoms with van der Waals surface area (Å²) in [6.07, 6.45) is 0. The predicted octanol–water partition coefficient (Wildman–Crippen LogP) is 3.76. The topological polar surface area (TPSA) is 0 Å². The standard InChI is InChI=1S/C7H6FI.C2H6/c1-5-6(8)3-2-4-7(5)9;1-2/h2-4H,1H3;1-2H3. The lowest BCUT2D eigenvalue weighted by Crippen LogP contribution is -1.83. The van der Waals surface area contributed by atoms with Gasteiger partial charge in [0.2, 0.25) is 0 Å². The van der Waals surface area contributed by atoms with Gasteiger partial charge in [0.15, 0.2) is 0 Å². The van der Waals surface area contributed by atoms with Crippen molar-refractivity contribution in [2.45, 2.75) is 20.8 Å². The Morgan fingerprint density at radius 3 is 2.18 bits per heavy atom. The fourth-order valence-electron chi connectivity index (χ4n) is 0.581. The maximum absolute atomic E-state index is 12.6. The number of halogens is 2. The van der Waals surface area contributed by atoms with Crippen molar-refractivity contribution in [3.8, 4) is 0 Å². The van der Waals surface area contributed by atoms with Crippen molar-refractivity contribution in [3.05, 3.63) is 33.1 Å². The second-order valence-electron chi connectivity index (χ2n) is 1.85. The van der Waals surface area contributed by atoms with E-state index >= 15 is 0 Å². The van der Waals surface area contributed by atoms with E-state index in [1.165, 1.54) is 6.07 Å². The molecule has 11 heavy (non-hydrogen) atoms. The van der Waals surface area contributed by atoms with Crippen molar-refractivity contribution in [3.63, 3.8) is 0 Å². The van der Waals surface area contributed by atoms with E-state index in [-0.39, 0.29) is 5.82 Å². The van der Waals surface area contributed by atoms with Crippen LogP contribution in [0.1, 0.15) is 19.4 Å². The molecule has 0 aliphatic heterocycles. The molecule has 0 radical (unpaired) electrons. The lowest BCUT2D eigenvalue weighted by Gasteiger charge is -1.95. The molecule has 0 aliphatic rings. The molecule has 0 fully saturated rings. The molecule has 0 bridgehead atoms. The van der Waals surface area contributed by atoms with Gasteiger partial charge in [-0.25, -0.2) is 4.39 Å². The van der Waals surface area contributed by atoms with Crippen LogP contribution in [0.4, 0.5) is 4.39 Å². The van der Waals surface area contributed by atoms with Crippen LogP contribution in [0.15, 0.2) is 18.2 Å². The summed E-state index contributed by atoms with van der Waals surface area (Å²) in [6.45, 7) is 5.77. The fourth-order valence-corrected chi connectivity index (χ4v) is 1.05. The van der Waals surface area contributed by atoms with Crippen LogP contribution < -0.4 is 0 Å². The molecule has 62 valence electrons. The van der Waals surface area contributed by atoms with Gasteiger partial charge in [-0.15, -0.1) is 0 Å². The number of hydrogen-bond acceptors (Lipinski definition) is 0. The molecule has 1 aromatic rings. The minimum Gasteiger partial charge on any atom is -0.207 e. The van der Waals surface area contributed by atoms with Gasteiger partial charge in [0, 0.05) is 3.57 Å². The molecule has 0 unspecified atom stereocenters. The molecule has 2 heteroatoms. The summed E-state index contributed by atoms with van der Waals surface area (Å²) in [5.74, 6) is -0.123. The van der Waals surface area contributed by atoms with Gasteiger partial charge in [-0.3, -0.25) is 0 Å². The largest absolute Gasteiger partial charge is 0.207 e. The minimum atomic E-state index is -0.123. The van der Waals surface area contributed by atoms with Gasteiger partial charge in [-0.05, 0) is 47.2 Å². The van der Waals surface area contributed by atoms with Crippen molar-refractivity contribution in [2.75, 3.05) is 0 Å². The second-order valence-corrected chi connectivity index (χ2v) is 3.01. The summed E-state index contributed by atoms with van der Waals surface area (Å²) in [5, 5.41) is 0. The third-order valence-electron chi connectivity index (χ3n) is 1.20. The molecule has 0 amide bonds. The highest BCUT2D eigenvalue weighted by atomic mass is 127. The first kappa shape index (κ1) is 10.9. The maximum atomic E-state index is 12.6. The molecule has 0 saturated heterocycles. The number of rotatable bonds is 0. The van der Waals surface area contributed by atoms with Crippen LogP contribution >= 0.6 is 22.6 Å². The lowest BCUT2D eigenvalue weighted by molar-refractivity contribution is 0.617. The van der Waals surface area contributed by atoms with Gasteiger partial charge in [0.1, 0.15) is 5.82 Å². The Hall–Kier alpha value is -0.120. The van der Waals surface area contributed by atoms with Crippen molar-refractivity contribution in [1.29, 1.82) is 0 Å². The third kappa shape index (κ3) is 3.18. The quantitative estimate of drug-likeness (QED) is 0.627. The molecule has 0 aliphatic carbocycles. The minimum absolute atomic E-state index is 0.123. The van der Waals surface area contributed by atoms with Crippen LogP contribution in [0.3, 0.4) is 0 Å². The molecular formula is C9H12FI. The molecule has 0 N–H and O–H groups in total. The highest BCUT2D eigenvalue weighted by molar-refractivity contribution is 14.1. The monoisotopic (exact) mass is 266 g/mol. The van der Waals surface area contributed by atoms with Crippen molar-refractivity contribution in [1.82, 2.24) is 0 Å². The molecular weight excluding hydrogens is 254 g/mol. The van der Waals surface area contributed by atoms with Crippen LogP contribution in [-0.4, -0.2) is 0 Å². The zero-order chi connectivity index (χ0) is 8.85. The lowest BCUT2D eigenvalue weighted by atomic mass is 10.2. The van der Waals surface area contributed by atoms with Crippen LogP contribution in [0.25, 0.3) is 0 Å². The Labute approximate surface area is 81.0 Å². The first-order valence-corrected chi connectivity index (χ1v) is 4.70. The summed E-state index contributed by atoms with van der Waals surface area (Å²) >= 11 is 2.11. The fraction of sp³-hybridized carbons (Fsp3) is 0.333. The first-order valence-electron chi connectivity index (χ1n) is 3.62.